The number of nitrogens with zero attached hydrogens (tertiary/aromatic N) is 3. The van der Waals surface area contributed by atoms with Crippen molar-refractivity contribution in [3.63, 3.8) is 0 Å². The van der Waals surface area contributed by atoms with Crippen LogP contribution in [0.2, 0.25) is 0 Å². The predicted molar refractivity (Wildman–Crippen MR) is 88.7 cm³/mol. The van der Waals surface area contributed by atoms with E-state index in [0.717, 1.165) is 29.0 Å². The molecule has 0 saturated carbocycles. The van der Waals surface area contributed by atoms with Crippen molar-refractivity contribution in [2.45, 2.75) is 25.8 Å². The van der Waals surface area contributed by atoms with Crippen LogP contribution >= 0.6 is 0 Å². The molecule has 0 unspecified atom stereocenters. The highest BCUT2D eigenvalue weighted by Crippen LogP contribution is 2.30. The van der Waals surface area contributed by atoms with E-state index in [2.05, 4.69) is 23.8 Å². The van der Waals surface area contributed by atoms with Gasteiger partial charge in [0.25, 0.3) is 0 Å². The van der Waals surface area contributed by atoms with E-state index in [9.17, 15) is 4.79 Å². The summed E-state index contributed by atoms with van der Waals surface area (Å²) in [5.74, 6) is 1.31. The lowest BCUT2D eigenvalue weighted by atomic mass is 10.1. The number of imidazole rings is 1. The van der Waals surface area contributed by atoms with Crippen LogP contribution in [0, 0.1) is 0 Å². The van der Waals surface area contributed by atoms with Gasteiger partial charge in [0.1, 0.15) is 5.82 Å². The molecule has 4 nitrogen and oxygen atoms in total. The maximum absolute atomic E-state index is 12.1. The fourth-order valence-corrected chi connectivity index (χ4v) is 3.12. The molecule has 1 amide bonds. The van der Waals surface area contributed by atoms with Gasteiger partial charge in [0.05, 0.1) is 11.0 Å². The fraction of sp³-hybridized carbons (Fsp3) is 0.333. The van der Waals surface area contributed by atoms with Crippen molar-refractivity contribution in [1.29, 1.82) is 0 Å². The minimum absolute atomic E-state index is 0.138. The predicted octanol–water partition coefficient (Wildman–Crippen LogP) is 3.11. The maximum Gasteiger partial charge on any atom is 0.223 e. The number of amides is 1. The van der Waals surface area contributed by atoms with Crippen LogP contribution in [0.5, 0.6) is 0 Å². The van der Waals surface area contributed by atoms with Gasteiger partial charge >= 0.3 is 0 Å². The van der Waals surface area contributed by atoms with Gasteiger partial charge in [0.2, 0.25) is 5.91 Å². The van der Waals surface area contributed by atoms with Crippen LogP contribution in [0.25, 0.3) is 11.0 Å². The zero-order valence-electron chi connectivity index (χ0n) is 13.0. The third kappa shape index (κ3) is 2.56. The van der Waals surface area contributed by atoms with Gasteiger partial charge in [-0.1, -0.05) is 30.4 Å². The van der Waals surface area contributed by atoms with Gasteiger partial charge in [0.15, 0.2) is 0 Å². The van der Waals surface area contributed by atoms with Crippen molar-refractivity contribution >= 4 is 16.9 Å². The topological polar surface area (TPSA) is 38.1 Å². The number of carbonyl (C=O) groups is 1. The summed E-state index contributed by atoms with van der Waals surface area (Å²) in [5, 5.41) is 0. The van der Waals surface area contributed by atoms with Gasteiger partial charge in [-0.05, 0) is 19.1 Å². The monoisotopic (exact) mass is 295 g/mol. The third-order valence-corrected chi connectivity index (χ3v) is 4.04. The number of hydrogen-bond acceptors (Lipinski definition) is 2. The Hall–Kier alpha value is -2.36. The highest BCUT2D eigenvalue weighted by Gasteiger charge is 2.33. The van der Waals surface area contributed by atoms with Crippen molar-refractivity contribution in [3.05, 3.63) is 54.9 Å². The number of allylic oxidation sites excluding steroid dienone is 1. The minimum atomic E-state index is 0.138. The molecule has 1 atom stereocenters. The molecule has 2 heterocycles. The van der Waals surface area contributed by atoms with E-state index in [4.69, 9.17) is 4.98 Å². The zero-order chi connectivity index (χ0) is 15.7. The lowest BCUT2D eigenvalue weighted by molar-refractivity contribution is -0.127. The van der Waals surface area contributed by atoms with Crippen molar-refractivity contribution in [1.82, 2.24) is 14.5 Å². The average Bonchev–Trinajstić information content (AvgIpc) is 3.01. The van der Waals surface area contributed by atoms with Gasteiger partial charge in [-0.3, -0.25) is 4.79 Å². The minimum Gasteiger partial charge on any atom is -0.338 e. The van der Waals surface area contributed by atoms with Crippen LogP contribution in [0.4, 0.5) is 0 Å². The molecule has 1 aromatic carbocycles. The lowest BCUT2D eigenvalue weighted by Crippen LogP contribution is -2.25. The maximum atomic E-state index is 12.1. The number of aromatic nitrogens is 2. The molecule has 1 aliphatic rings. The van der Waals surface area contributed by atoms with Crippen molar-refractivity contribution in [3.8, 4) is 0 Å². The molecule has 1 fully saturated rings. The summed E-state index contributed by atoms with van der Waals surface area (Å²) in [7, 11) is 0. The Morgan fingerprint density at radius 3 is 2.95 bits per heavy atom. The second-order valence-corrected chi connectivity index (χ2v) is 5.99. The summed E-state index contributed by atoms with van der Waals surface area (Å²) in [6.07, 6.45) is 2.30. The molecule has 2 aromatic rings. The lowest BCUT2D eigenvalue weighted by Gasteiger charge is -2.15. The Bertz CT molecular complexity index is 744. The van der Waals surface area contributed by atoms with E-state index in [1.54, 1.807) is 6.08 Å². The number of fused-ring (bicyclic) bond motifs is 1. The van der Waals surface area contributed by atoms with E-state index < -0.39 is 0 Å². The van der Waals surface area contributed by atoms with Gasteiger partial charge in [0, 0.05) is 32.0 Å². The average molecular weight is 295 g/mol. The third-order valence-electron chi connectivity index (χ3n) is 4.04. The van der Waals surface area contributed by atoms with E-state index in [1.807, 2.05) is 30.0 Å². The van der Waals surface area contributed by atoms with Crippen LogP contribution in [-0.4, -0.2) is 33.4 Å². The summed E-state index contributed by atoms with van der Waals surface area (Å²) in [4.78, 5) is 18.8. The molecule has 0 radical (unpaired) electrons. The van der Waals surface area contributed by atoms with Crippen LogP contribution in [-0.2, 0) is 11.3 Å². The van der Waals surface area contributed by atoms with Gasteiger partial charge in [-0.25, -0.2) is 4.98 Å². The smallest absolute Gasteiger partial charge is 0.223 e. The molecule has 114 valence electrons. The Kier molecular flexibility index (Phi) is 3.84. The first-order valence-corrected chi connectivity index (χ1v) is 7.58. The van der Waals surface area contributed by atoms with Crippen LogP contribution in [0.1, 0.15) is 25.1 Å². The molecule has 1 aliphatic heterocycles. The Labute approximate surface area is 130 Å². The largest absolute Gasteiger partial charge is 0.338 e. The van der Waals surface area contributed by atoms with E-state index in [0.29, 0.717) is 19.5 Å². The SMILES string of the molecule is C=CCN1C[C@H](c2nc3ccccc3n2CC(=C)C)CC1=O. The number of benzene rings is 1. The molecule has 3 rings (SSSR count). The van der Waals surface area contributed by atoms with E-state index >= 15 is 0 Å². The molecule has 0 aliphatic carbocycles. The van der Waals surface area contributed by atoms with Crippen molar-refractivity contribution in [2.24, 2.45) is 0 Å². The summed E-state index contributed by atoms with van der Waals surface area (Å²) in [5.41, 5.74) is 3.17. The number of carbonyl (C=O) groups excluding carboxylic acids is 1. The molecule has 4 heteroatoms. The van der Waals surface area contributed by atoms with Crippen molar-refractivity contribution < 1.29 is 4.79 Å². The Morgan fingerprint density at radius 2 is 2.23 bits per heavy atom. The second kappa shape index (κ2) is 5.79. The van der Waals surface area contributed by atoms with E-state index in [-0.39, 0.29) is 11.8 Å². The quantitative estimate of drug-likeness (QED) is 0.795. The van der Waals surface area contributed by atoms with Crippen LogP contribution < -0.4 is 0 Å². The number of likely N-dealkylation sites (tertiary alicyclic amines) is 1. The van der Waals surface area contributed by atoms with Crippen molar-refractivity contribution in [2.75, 3.05) is 13.1 Å². The van der Waals surface area contributed by atoms with Crippen LogP contribution in [0.15, 0.2) is 49.1 Å². The second-order valence-electron chi connectivity index (χ2n) is 5.99. The summed E-state index contributed by atoms with van der Waals surface area (Å²) < 4.78 is 2.20. The van der Waals surface area contributed by atoms with Gasteiger partial charge in [-0.2, -0.15) is 0 Å². The summed E-state index contributed by atoms with van der Waals surface area (Å²) in [6, 6.07) is 8.11. The van der Waals surface area contributed by atoms with Gasteiger partial charge < -0.3 is 9.47 Å². The summed E-state index contributed by atoms with van der Waals surface area (Å²) in [6.45, 7) is 11.8. The number of hydrogen-bond donors (Lipinski definition) is 0. The fourth-order valence-electron chi connectivity index (χ4n) is 3.12. The Balaban J connectivity index is 2.01. The van der Waals surface area contributed by atoms with Gasteiger partial charge in [-0.15, -0.1) is 6.58 Å². The first-order valence-electron chi connectivity index (χ1n) is 7.58. The highest BCUT2D eigenvalue weighted by molar-refractivity contribution is 5.81. The molecule has 1 saturated heterocycles. The molecule has 0 N–H and O–H groups in total. The van der Waals surface area contributed by atoms with Crippen LogP contribution in [0.3, 0.4) is 0 Å². The zero-order valence-corrected chi connectivity index (χ0v) is 13.0. The normalized spacial score (nSPS) is 18.1. The number of rotatable bonds is 5. The first kappa shape index (κ1) is 14.6. The molecule has 0 bridgehead atoms. The standard InChI is InChI=1S/C18H21N3O/c1-4-9-20-12-14(10-17(20)22)18-19-15-7-5-6-8-16(15)21(18)11-13(2)3/h4-8,14H,1-2,9-12H2,3H3/t14-/m1/s1. The molecule has 1 aromatic heterocycles. The molecular weight excluding hydrogens is 274 g/mol. The number of para-hydroxylation sites is 2. The molecule has 22 heavy (non-hydrogen) atoms. The molecule has 0 spiro atoms. The molecular formula is C18H21N3O. The first-order chi connectivity index (χ1) is 10.6. The highest BCUT2D eigenvalue weighted by atomic mass is 16.2. The van der Waals surface area contributed by atoms with E-state index in [1.165, 1.54) is 0 Å². The Morgan fingerprint density at radius 1 is 1.45 bits per heavy atom. The summed E-state index contributed by atoms with van der Waals surface area (Å²) >= 11 is 0.